The van der Waals surface area contributed by atoms with Gasteiger partial charge in [0.1, 0.15) is 6.10 Å². The summed E-state index contributed by atoms with van der Waals surface area (Å²) in [5, 5.41) is 19.6. The average molecular weight is 205 g/mol. The standard InChI is InChI=1S/C6H7NO7/c8-1-2(9)4-5(14-7-12)3(10)6(11)13-4/h2,4-5,8-9H,1H2/t2-,4+,5?/m0/s1. The van der Waals surface area contributed by atoms with Gasteiger partial charge in [0.15, 0.2) is 11.4 Å². The number of cyclic esters (lactones) is 1. The van der Waals surface area contributed by atoms with Crippen molar-refractivity contribution < 1.29 is 29.4 Å². The van der Waals surface area contributed by atoms with E-state index < -0.39 is 36.7 Å². The van der Waals surface area contributed by atoms with Crippen molar-refractivity contribution in [3.8, 4) is 0 Å². The molecule has 1 rings (SSSR count). The van der Waals surface area contributed by atoms with Crippen molar-refractivity contribution in [2.24, 2.45) is 5.34 Å². The Kier molecular flexibility index (Phi) is 3.10. The fraction of sp³-hybridized carbons (Fsp3) is 0.667. The van der Waals surface area contributed by atoms with Gasteiger partial charge in [0.05, 0.1) is 6.61 Å². The third kappa shape index (κ3) is 1.70. The van der Waals surface area contributed by atoms with Gasteiger partial charge in [0.25, 0.3) is 5.78 Å². The molecule has 0 aliphatic carbocycles. The number of esters is 1. The van der Waals surface area contributed by atoms with Gasteiger partial charge in [-0.3, -0.25) is 4.79 Å². The number of hydrogen-bond acceptors (Lipinski definition) is 8. The molecule has 2 N–H and O–H groups in total. The van der Waals surface area contributed by atoms with Gasteiger partial charge in [0.2, 0.25) is 6.10 Å². The Morgan fingerprint density at radius 1 is 1.57 bits per heavy atom. The number of hydrogen-bond donors (Lipinski definition) is 2. The Hall–Kier alpha value is -1.54. The maximum atomic E-state index is 10.9. The van der Waals surface area contributed by atoms with Crippen LogP contribution in [0.5, 0.6) is 0 Å². The van der Waals surface area contributed by atoms with Gasteiger partial charge in [-0.15, -0.1) is 4.91 Å². The number of nitrogens with zero attached hydrogens (tertiary/aromatic N) is 1. The molecule has 0 spiro atoms. The molecule has 1 unspecified atom stereocenters. The highest BCUT2D eigenvalue weighted by atomic mass is 16.7. The first-order valence-electron chi connectivity index (χ1n) is 3.64. The number of carbonyl (C=O) groups is 2. The molecule has 78 valence electrons. The molecule has 0 aromatic carbocycles. The number of aliphatic hydroxyl groups is 2. The summed E-state index contributed by atoms with van der Waals surface area (Å²) < 4.78 is 4.37. The van der Waals surface area contributed by atoms with Crippen LogP contribution in [0, 0.1) is 4.91 Å². The second kappa shape index (κ2) is 4.11. The van der Waals surface area contributed by atoms with Crippen molar-refractivity contribution >= 4 is 11.8 Å². The fourth-order valence-corrected chi connectivity index (χ4v) is 1.05. The average Bonchev–Trinajstić information content (AvgIpc) is 2.45. The van der Waals surface area contributed by atoms with E-state index in [9.17, 15) is 14.5 Å². The molecule has 1 aliphatic heterocycles. The van der Waals surface area contributed by atoms with E-state index in [2.05, 4.69) is 9.57 Å². The second-order valence-electron chi connectivity index (χ2n) is 2.58. The van der Waals surface area contributed by atoms with Gasteiger partial charge in [-0.25, -0.2) is 4.79 Å². The molecule has 1 heterocycles. The van der Waals surface area contributed by atoms with Gasteiger partial charge in [-0.2, -0.15) is 0 Å². The first-order chi connectivity index (χ1) is 6.61. The zero-order valence-electron chi connectivity index (χ0n) is 6.82. The highest BCUT2D eigenvalue weighted by Gasteiger charge is 2.49. The zero-order chi connectivity index (χ0) is 10.7. The van der Waals surface area contributed by atoms with Crippen LogP contribution in [0.15, 0.2) is 5.34 Å². The number of aliphatic hydroxyl groups excluding tert-OH is 2. The molecular formula is C6H7NO7. The van der Waals surface area contributed by atoms with Crippen LogP contribution in [0.4, 0.5) is 0 Å². The molecular weight excluding hydrogens is 198 g/mol. The summed E-state index contributed by atoms with van der Waals surface area (Å²) in [6, 6.07) is 0. The molecule has 0 radical (unpaired) electrons. The van der Waals surface area contributed by atoms with E-state index in [0.29, 0.717) is 0 Å². The van der Waals surface area contributed by atoms with Crippen LogP contribution < -0.4 is 0 Å². The summed E-state index contributed by atoms with van der Waals surface area (Å²) in [5.41, 5.74) is 0. The summed E-state index contributed by atoms with van der Waals surface area (Å²) in [5.74, 6) is -2.33. The molecule has 1 aliphatic rings. The van der Waals surface area contributed by atoms with Crippen molar-refractivity contribution in [1.29, 1.82) is 0 Å². The molecule has 0 saturated carbocycles. The van der Waals surface area contributed by atoms with Crippen LogP contribution in [0.2, 0.25) is 0 Å². The molecule has 1 saturated heterocycles. The summed E-state index contributed by atoms with van der Waals surface area (Å²) in [7, 11) is 0. The molecule has 0 aromatic rings. The number of rotatable bonds is 4. The summed E-state index contributed by atoms with van der Waals surface area (Å²) in [4.78, 5) is 35.4. The van der Waals surface area contributed by atoms with Crippen molar-refractivity contribution in [3.63, 3.8) is 0 Å². The Morgan fingerprint density at radius 2 is 2.21 bits per heavy atom. The van der Waals surface area contributed by atoms with E-state index in [1.165, 1.54) is 0 Å². The third-order valence-corrected chi connectivity index (χ3v) is 1.72. The second-order valence-corrected chi connectivity index (χ2v) is 2.58. The number of carbonyl (C=O) groups excluding carboxylic acids is 2. The van der Waals surface area contributed by atoms with Crippen molar-refractivity contribution in [1.82, 2.24) is 0 Å². The topological polar surface area (TPSA) is 122 Å². The molecule has 0 amide bonds. The zero-order valence-corrected chi connectivity index (χ0v) is 6.82. The van der Waals surface area contributed by atoms with Crippen LogP contribution in [-0.4, -0.2) is 46.9 Å². The Bertz CT molecular complexity index is 265. The molecule has 0 aromatic heterocycles. The molecule has 14 heavy (non-hydrogen) atoms. The lowest BCUT2D eigenvalue weighted by Gasteiger charge is -2.16. The lowest BCUT2D eigenvalue weighted by Crippen LogP contribution is -2.39. The number of ether oxygens (including phenoxy) is 1. The smallest absolute Gasteiger partial charge is 0.379 e. The predicted molar refractivity (Wildman–Crippen MR) is 38.6 cm³/mol. The van der Waals surface area contributed by atoms with Gasteiger partial charge < -0.3 is 19.8 Å². The number of Topliss-reactive ketones (excluding diaryl/α,β-unsaturated/α-hetero) is 1. The Labute approximate surface area is 77.3 Å². The van der Waals surface area contributed by atoms with Gasteiger partial charge >= 0.3 is 5.97 Å². The summed E-state index contributed by atoms with van der Waals surface area (Å²) >= 11 is 0. The lowest BCUT2D eigenvalue weighted by molar-refractivity contribution is -0.152. The minimum Gasteiger partial charge on any atom is -0.449 e. The molecule has 3 atom stereocenters. The first kappa shape index (κ1) is 10.5. The van der Waals surface area contributed by atoms with Crippen LogP contribution in [-0.2, 0) is 19.2 Å². The minimum atomic E-state index is -1.58. The van der Waals surface area contributed by atoms with Crippen LogP contribution in [0.3, 0.4) is 0 Å². The molecule has 8 nitrogen and oxygen atoms in total. The maximum Gasteiger partial charge on any atom is 0.379 e. The van der Waals surface area contributed by atoms with E-state index >= 15 is 0 Å². The van der Waals surface area contributed by atoms with Crippen molar-refractivity contribution in [2.75, 3.05) is 6.61 Å². The van der Waals surface area contributed by atoms with E-state index in [-0.39, 0.29) is 0 Å². The SMILES string of the molecule is O=NOC1C(=O)C(=O)O[C@@H]1[C@@H](O)CO. The Morgan fingerprint density at radius 3 is 2.71 bits per heavy atom. The van der Waals surface area contributed by atoms with E-state index in [1.807, 2.05) is 5.34 Å². The van der Waals surface area contributed by atoms with Crippen LogP contribution in [0.25, 0.3) is 0 Å². The molecule has 8 heteroatoms. The van der Waals surface area contributed by atoms with Gasteiger partial charge in [-0.05, 0) is 0 Å². The largest absolute Gasteiger partial charge is 0.449 e. The van der Waals surface area contributed by atoms with E-state index in [4.69, 9.17) is 10.2 Å². The highest BCUT2D eigenvalue weighted by Crippen LogP contribution is 2.18. The molecule has 1 fully saturated rings. The minimum absolute atomic E-state index is 0.732. The monoisotopic (exact) mass is 205 g/mol. The third-order valence-electron chi connectivity index (χ3n) is 1.72. The van der Waals surface area contributed by atoms with Crippen molar-refractivity contribution in [2.45, 2.75) is 18.3 Å². The van der Waals surface area contributed by atoms with Crippen molar-refractivity contribution in [3.05, 3.63) is 4.91 Å². The first-order valence-corrected chi connectivity index (χ1v) is 3.64. The van der Waals surface area contributed by atoms with E-state index in [1.54, 1.807) is 0 Å². The van der Waals surface area contributed by atoms with E-state index in [0.717, 1.165) is 0 Å². The number of ketones is 1. The quantitative estimate of drug-likeness (QED) is 0.233. The Balaban J connectivity index is 2.79. The summed E-state index contributed by atoms with van der Waals surface area (Å²) in [6.07, 6.45) is -4.46. The fourth-order valence-electron chi connectivity index (χ4n) is 1.05. The van der Waals surface area contributed by atoms with Crippen LogP contribution >= 0.6 is 0 Å². The molecule has 0 bridgehead atoms. The highest BCUT2D eigenvalue weighted by molar-refractivity contribution is 6.37. The normalized spacial score (nSPS) is 28.4. The van der Waals surface area contributed by atoms with Gasteiger partial charge in [-0.1, -0.05) is 0 Å². The summed E-state index contributed by atoms with van der Waals surface area (Å²) in [6.45, 7) is -0.732. The van der Waals surface area contributed by atoms with Gasteiger partial charge in [0, 0.05) is 0 Å². The maximum absolute atomic E-state index is 10.9. The predicted octanol–water partition coefficient (Wildman–Crippen LogP) is -2.10. The van der Waals surface area contributed by atoms with Crippen LogP contribution in [0.1, 0.15) is 0 Å². The lowest BCUT2D eigenvalue weighted by atomic mass is 10.1.